The number of aryl methyl sites for hydroxylation is 1. The monoisotopic (exact) mass is 434 g/mol. The third-order valence-corrected chi connectivity index (χ3v) is 5.84. The van der Waals surface area contributed by atoms with Crippen LogP contribution in [0, 0.1) is 11.6 Å². The van der Waals surface area contributed by atoms with Gasteiger partial charge in [-0.15, -0.1) is 0 Å². The highest BCUT2D eigenvalue weighted by molar-refractivity contribution is 5.77. The van der Waals surface area contributed by atoms with Crippen molar-refractivity contribution in [3.63, 3.8) is 0 Å². The van der Waals surface area contributed by atoms with Crippen molar-refractivity contribution >= 4 is 22.2 Å². The zero-order valence-corrected chi connectivity index (χ0v) is 16.9. The van der Waals surface area contributed by atoms with Gasteiger partial charge in [0.05, 0.1) is 29.9 Å². The topological polar surface area (TPSA) is 79.8 Å². The van der Waals surface area contributed by atoms with Crippen LogP contribution in [0.5, 0.6) is 5.75 Å². The van der Waals surface area contributed by atoms with Crippen LogP contribution in [-0.2, 0) is 7.05 Å². The molecule has 0 aliphatic carbocycles. The SMILES string of the molecule is Cn1c(=O)n([C@@H]2CCOc3ccc(F)cc32)c2nc(-n3cnc4ccc(F)cc43)ncc21. The minimum atomic E-state index is -0.453. The Morgan fingerprint density at radius 2 is 1.88 bits per heavy atom. The molecule has 0 amide bonds. The molecule has 1 atom stereocenters. The van der Waals surface area contributed by atoms with Gasteiger partial charge in [-0.3, -0.25) is 13.7 Å². The van der Waals surface area contributed by atoms with Crippen molar-refractivity contribution in [2.45, 2.75) is 12.5 Å². The van der Waals surface area contributed by atoms with Gasteiger partial charge in [-0.25, -0.2) is 23.5 Å². The zero-order valence-electron chi connectivity index (χ0n) is 16.9. The molecule has 2 aromatic carbocycles. The molecule has 0 spiro atoms. The molecule has 0 saturated carbocycles. The predicted molar refractivity (Wildman–Crippen MR) is 112 cm³/mol. The Hall–Kier alpha value is -4.08. The number of fused-ring (bicyclic) bond motifs is 3. The highest BCUT2D eigenvalue weighted by Crippen LogP contribution is 2.36. The van der Waals surface area contributed by atoms with Gasteiger partial charge >= 0.3 is 5.69 Å². The Morgan fingerprint density at radius 3 is 2.75 bits per heavy atom. The maximum absolute atomic E-state index is 14.0. The number of rotatable bonds is 2. The second-order valence-corrected chi connectivity index (χ2v) is 7.67. The van der Waals surface area contributed by atoms with Gasteiger partial charge < -0.3 is 4.74 Å². The lowest BCUT2D eigenvalue weighted by Crippen LogP contribution is -2.30. The van der Waals surface area contributed by atoms with E-state index in [0.29, 0.717) is 46.5 Å². The molecule has 1 aliphatic heterocycles. The number of imidazole rings is 2. The number of halogens is 2. The van der Waals surface area contributed by atoms with Crippen LogP contribution in [0.1, 0.15) is 18.0 Å². The van der Waals surface area contributed by atoms with Crippen LogP contribution in [0.15, 0.2) is 53.7 Å². The number of aromatic nitrogens is 6. The van der Waals surface area contributed by atoms with Crippen molar-refractivity contribution < 1.29 is 13.5 Å². The fraction of sp³-hybridized carbons (Fsp3) is 0.182. The van der Waals surface area contributed by atoms with E-state index in [2.05, 4.69) is 15.0 Å². The molecule has 160 valence electrons. The molecule has 5 aromatic rings. The van der Waals surface area contributed by atoms with E-state index in [1.54, 1.807) is 34.5 Å². The number of benzene rings is 2. The summed E-state index contributed by atoms with van der Waals surface area (Å²) in [6.07, 6.45) is 3.54. The number of ether oxygens (including phenoxy) is 1. The maximum Gasteiger partial charge on any atom is 0.330 e. The van der Waals surface area contributed by atoms with Gasteiger partial charge in [0.1, 0.15) is 29.2 Å². The molecule has 0 N–H and O–H groups in total. The second kappa shape index (κ2) is 6.71. The molecule has 0 fully saturated rings. The molecule has 10 heteroatoms. The van der Waals surface area contributed by atoms with Crippen molar-refractivity contribution in [2.24, 2.45) is 7.05 Å². The summed E-state index contributed by atoms with van der Waals surface area (Å²) < 4.78 is 38.1. The molecule has 6 rings (SSSR count). The van der Waals surface area contributed by atoms with E-state index in [4.69, 9.17) is 4.74 Å². The molecule has 0 unspecified atom stereocenters. The molecule has 0 bridgehead atoms. The summed E-state index contributed by atoms with van der Waals surface area (Å²) in [4.78, 5) is 26.5. The first-order valence-corrected chi connectivity index (χ1v) is 10.0. The Balaban J connectivity index is 1.59. The van der Waals surface area contributed by atoms with E-state index in [9.17, 15) is 13.6 Å². The lowest BCUT2D eigenvalue weighted by Gasteiger charge is -2.26. The molecule has 0 radical (unpaired) electrons. The largest absolute Gasteiger partial charge is 0.493 e. The Morgan fingerprint density at radius 1 is 1.06 bits per heavy atom. The standard InChI is InChI=1S/C22H16F2N6O2/c1-28-18-10-25-21(29-11-26-15-4-2-13(24)9-17(15)29)27-20(18)30(22(28)31)16-6-7-32-19-5-3-12(23)8-14(16)19/h2-5,8-11,16H,6-7H2,1H3/t16-/m1/s1. The Kier molecular flexibility index (Phi) is 3.91. The van der Waals surface area contributed by atoms with E-state index < -0.39 is 17.7 Å². The van der Waals surface area contributed by atoms with Gasteiger partial charge in [-0.1, -0.05) is 0 Å². The zero-order chi connectivity index (χ0) is 22.0. The summed E-state index contributed by atoms with van der Waals surface area (Å²) in [5, 5.41) is 0. The van der Waals surface area contributed by atoms with E-state index in [-0.39, 0.29) is 11.6 Å². The van der Waals surface area contributed by atoms with E-state index in [1.807, 2.05) is 0 Å². The van der Waals surface area contributed by atoms with Crippen molar-refractivity contribution in [1.82, 2.24) is 28.7 Å². The Bertz CT molecular complexity index is 1590. The summed E-state index contributed by atoms with van der Waals surface area (Å²) >= 11 is 0. The molecule has 4 heterocycles. The Labute approximate surface area is 179 Å². The van der Waals surface area contributed by atoms with Gasteiger partial charge in [-0.05, 0) is 30.3 Å². The summed E-state index contributed by atoms with van der Waals surface area (Å²) in [7, 11) is 1.64. The lowest BCUT2D eigenvalue weighted by atomic mass is 10.00. The molecule has 3 aromatic heterocycles. The molecule has 0 saturated heterocycles. The third kappa shape index (κ3) is 2.65. The first-order valence-electron chi connectivity index (χ1n) is 10.0. The first-order chi connectivity index (χ1) is 15.5. The van der Waals surface area contributed by atoms with E-state index in [1.165, 1.54) is 35.2 Å². The summed E-state index contributed by atoms with van der Waals surface area (Å²) in [6.45, 7) is 0.384. The summed E-state index contributed by atoms with van der Waals surface area (Å²) in [5.41, 5.74) is 2.31. The van der Waals surface area contributed by atoms with E-state index >= 15 is 0 Å². The minimum Gasteiger partial charge on any atom is -0.493 e. The van der Waals surface area contributed by atoms with Crippen molar-refractivity contribution in [2.75, 3.05) is 6.61 Å². The fourth-order valence-corrected chi connectivity index (χ4v) is 4.28. The highest BCUT2D eigenvalue weighted by atomic mass is 19.1. The van der Waals surface area contributed by atoms with Crippen LogP contribution in [0.2, 0.25) is 0 Å². The van der Waals surface area contributed by atoms with Crippen molar-refractivity contribution in [3.05, 3.63) is 76.6 Å². The summed E-state index contributed by atoms with van der Waals surface area (Å²) in [5.74, 6) is -0.0269. The van der Waals surface area contributed by atoms with Crippen molar-refractivity contribution in [1.29, 1.82) is 0 Å². The van der Waals surface area contributed by atoms with Crippen LogP contribution in [-0.4, -0.2) is 35.3 Å². The molecule has 1 aliphatic rings. The normalized spacial score (nSPS) is 15.8. The lowest BCUT2D eigenvalue weighted by molar-refractivity contribution is 0.255. The minimum absolute atomic E-state index is 0.247. The molecular weight excluding hydrogens is 418 g/mol. The molecule has 32 heavy (non-hydrogen) atoms. The van der Waals surface area contributed by atoms with Crippen LogP contribution >= 0.6 is 0 Å². The molecule has 8 nitrogen and oxygen atoms in total. The van der Waals surface area contributed by atoms with Crippen LogP contribution in [0.25, 0.3) is 28.1 Å². The van der Waals surface area contributed by atoms with Gasteiger partial charge in [0, 0.05) is 25.1 Å². The second-order valence-electron chi connectivity index (χ2n) is 7.67. The van der Waals surface area contributed by atoms with Crippen molar-refractivity contribution in [3.8, 4) is 11.7 Å². The molecular formula is C22H16F2N6O2. The first kappa shape index (κ1) is 18.7. The summed E-state index contributed by atoms with van der Waals surface area (Å²) in [6, 6.07) is 8.09. The van der Waals surface area contributed by atoms with E-state index in [0.717, 1.165) is 0 Å². The quantitative estimate of drug-likeness (QED) is 0.427. The van der Waals surface area contributed by atoms with Crippen LogP contribution in [0.4, 0.5) is 8.78 Å². The number of hydrogen-bond donors (Lipinski definition) is 0. The van der Waals surface area contributed by atoms with Gasteiger partial charge in [-0.2, -0.15) is 4.98 Å². The van der Waals surface area contributed by atoms with Gasteiger partial charge in [0.25, 0.3) is 0 Å². The highest BCUT2D eigenvalue weighted by Gasteiger charge is 2.28. The van der Waals surface area contributed by atoms with Gasteiger partial charge in [0.2, 0.25) is 5.95 Å². The van der Waals surface area contributed by atoms with Crippen LogP contribution in [0.3, 0.4) is 0 Å². The van der Waals surface area contributed by atoms with Crippen LogP contribution < -0.4 is 10.4 Å². The van der Waals surface area contributed by atoms with Gasteiger partial charge in [0.15, 0.2) is 5.65 Å². The third-order valence-electron chi connectivity index (χ3n) is 5.84. The average molecular weight is 434 g/mol. The smallest absolute Gasteiger partial charge is 0.330 e. The average Bonchev–Trinajstić information content (AvgIpc) is 3.31. The fourth-order valence-electron chi connectivity index (χ4n) is 4.28. The number of hydrogen-bond acceptors (Lipinski definition) is 5. The predicted octanol–water partition coefficient (Wildman–Crippen LogP) is 3.12. The number of nitrogens with zero attached hydrogens (tertiary/aromatic N) is 6. The maximum atomic E-state index is 14.0.